The van der Waals surface area contributed by atoms with E-state index in [1.54, 1.807) is 0 Å². The first kappa shape index (κ1) is 15.3. The van der Waals surface area contributed by atoms with Gasteiger partial charge in [0.25, 0.3) is 5.91 Å². The lowest BCUT2D eigenvalue weighted by Gasteiger charge is -2.11. The van der Waals surface area contributed by atoms with Gasteiger partial charge in [-0.25, -0.2) is 4.39 Å². The Labute approximate surface area is 118 Å². The Morgan fingerprint density at radius 2 is 2.14 bits per heavy atom. The maximum Gasteiger partial charge on any atom is 0.305 e. The molecule has 2 rings (SSSR count). The molecule has 2 N–H and O–H groups in total. The summed E-state index contributed by atoms with van der Waals surface area (Å²) in [6, 6.07) is 1.37. The standard InChI is InChI=1S/C13H14F2N2O4/c14-9-3-4-10(17(20)21)12(15)11(9)13(19)16-6-7-1-2-8(18)5-7/h3-4,7-8,18H,1-2,5-6H2,(H,16,19). The second-order valence-corrected chi connectivity index (χ2v) is 5.06. The summed E-state index contributed by atoms with van der Waals surface area (Å²) >= 11 is 0. The minimum Gasteiger partial charge on any atom is -0.393 e. The second-order valence-electron chi connectivity index (χ2n) is 5.06. The molecule has 6 nitrogen and oxygen atoms in total. The summed E-state index contributed by atoms with van der Waals surface area (Å²) in [4.78, 5) is 21.4. The van der Waals surface area contributed by atoms with Gasteiger partial charge in [0.2, 0.25) is 5.82 Å². The first-order valence-corrected chi connectivity index (χ1v) is 6.48. The summed E-state index contributed by atoms with van der Waals surface area (Å²) in [5.74, 6) is -3.63. The van der Waals surface area contributed by atoms with Gasteiger partial charge in [-0.2, -0.15) is 4.39 Å². The number of amides is 1. The van der Waals surface area contributed by atoms with E-state index in [1.165, 1.54) is 0 Å². The van der Waals surface area contributed by atoms with E-state index >= 15 is 0 Å². The van der Waals surface area contributed by atoms with Gasteiger partial charge in [0.05, 0.1) is 11.0 Å². The van der Waals surface area contributed by atoms with E-state index < -0.39 is 39.8 Å². The Morgan fingerprint density at radius 3 is 2.71 bits per heavy atom. The van der Waals surface area contributed by atoms with Crippen LogP contribution >= 0.6 is 0 Å². The van der Waals surface area contributed by atoms with Crippen LogP contribution in [-0.4, -0.2) is 28.6 Å². The highest BCUT2D eigenvalue weighted by atomic mass is 19.1. The molecule has 1 aliphatic rings. The van der Waals surface area contributed by atoms with Gasteiger partial charge in [-0.3, -0.25) is 14.9 Å². The fraction of sp³-hybridized carbons (Fsp3) is 0.462. The zero-order chi connectivity index (χ0) is 15.6. The highest BCUT2D eigenvalue weighted by molar-refractivity contribution is 5.95. The lowest BCUT2D eigenvalue weighted by Crippen LogP contribution is -2.30. The molecular weight excluding hydrogens is 286 g/mol. The van der Waals surface area contributed by atoms with Gasteiger partial charge in [-0.15, -0.1) is 0 Å². The number of aliphatic hydroxyl groups is 1. The molecule has 1 aromatic rings. The first-order chi connectivity index (χ1) is 9.90. The molecule has 0 aromatic heterocycles. The van der Waals surface area contributed by atoms with Crippen LogP contribution in [0.4, 0.5) is 14.5 Å². The SMILES string of the molecule is O=C(NCC1CCC(O)C1)c1c(F)ccc([N+](=O)[O-])c1F. The monoisotopic (exact) mass is 300 g/mol. The Morgan fingerprint density at radius 1 is 1.43 bits per heavy atom. The lowest BCUT2D eigenvalue weighted by molar-refractivity contribution is -0.387. The van der Waals surface area contributed by atoms with Crippen LogP contribution in [0.2, 0.25) is 0 Å². The molecule has 1 amide bonds. The van der Waals surface area contributed by atoms with Crippen LogP contribution in [0.1, 0.15) is 29.6 Å². The average Bonchev–Trinajstić information content (AvgIpc) is 2.82. The number of carbonyl (C=O) groups excluding carboxylic acids is 1. The largest absolute Gasteiger partial charge is 0.393 e. The van der Waals surface area contributed by atoms with Crippen molar-refractivity contribution in [3.63, 3.8) is 0 Å². The van der Waals surface area contributed by atoms with Crippen molar-refractivity contribution in [1.82, 2.24) is 5.32 Å². The molecule has 0 bridgehead atoms. The predicted molar refractivity (Wildman–Crippen MR) is 68.7 cm³/mol. The number of nitro groups is 1. The van der Waals surface area contributed by atoms with Crippen LogP contribution < -0.4 is 5.32 Å². The van der Waals surface area contributed by atoms with Gasteiger partial charge in [0, 0.05) is 12.6 Å². The highest BCUT2D eigenvalue weighted by Crippen LogP contribution is 2.26. The fourth-order valence-electron chi connectivity index (χ4n) is 2.45. The first-order valence-electron chi connectivity index (χ1n) is 6.48. The number of halogens is 2. The van der Waals surface area contributed by atoms with E-state index in [9.17, 15) is 28.8 Å². The molecule has 0 heterocycles. The average molecular weight is 300 g/mol. The number of hydrogen-bond acceptors (Lipinski definition) is 4. The third-order valence-electron chi connectivity index (χ3n) is 3.56. The van der Waals surface area contributed by atoms with Crippen molar-refractivity contribution in [2.24, 2.45) is 5.92 Å². The predicted octanol–water partition coefficient (Wildman–Crippen LogP) is 1.76. The van der Waals surface area contributed by atoms with Gasteiger partial charge < -0.3 is 10.4 Å². The molecule has 2 atom stereocenters. The summed E-state index contributed by atoms with van der Waals surface area (Å²) < 4.78 is 27.4. The number of aliphatic hydroxyl groups excluding tert-OH is 1. The molecule has 1 aromatic carbocycles. The maximum atomic E-state index is 13.8. The summed E-state index contributed by atoms with van der Waals surface area (Å²) in [7, 11) is 0. The van der Waals surface area contributed by atoms with E-state index in [0.29, 0.717) is 31.4 Å². The van der Waals surface area contributed by atoms with Crippen molar-refractivity contribution in [2.45, 2.75) is 25.4 Å². The van der Waals surface area contributed by atoms with Crippen LogP contribution in [0, 0.1) is 27.7 Å². The Balaban J connectivity index is 2.11. The maximum absolute atomic E-state index is 13.8. The number of nitro benzene ring substituents is 1. The summed E-state index contributed by atoms with van der Waals surface area (Å²) in [6.45, 7) is 0.164. The fourth-order valence-corrected chi connectivity index (χ4v) is 2.45. The number of nitrogens with one attached hydrogen (secondary N) is 1. The summed E-state index contributed by atoms with van der Waals surface area (Å²) in [5, 5.41) is 22.3. The molecule has 0 saturated heterocycles. The number of benzene rings is 1. The van der Waals surface area contributed by atoms with E-state index in [4.69, 9.17) is 0 Å². The summed E-state index contributed by atoms with van der Waals surface area (Å²) in [6.07, 6.45) is 1.43. The quantitative estimate of drug-likeness (QED) is 0.654. The molecule has 2 unspecified atom stereocenters. The number of nitrogens with zero attached hydrogens (tertiary/aromatic N) is 1. The Kier molecular flexibility index (Phi) is 4.46. The normalized spacial score (nSPS) is 21.3. The van der Waals surface area contributed by atoms with Crippen LogP contribution in [0.15, 0.2) is 12.1 Å². The van der Waals surface area contributed by atoms with E-state index in [1.807, 2.05) is 0 Å². The molecule has 0 radical (unpaired) electrons. The van der Waals surface area contributed by atoms with Gasteiger partial charge in [-0.05, 0) is 31.2 Å². The van der Waals surface area contributed by atoms with Gasteiger partial charge >= 0.3 is 5.69 Å². The van der Waals surface area contributed by atoms with Crippen molar-refractivity contribution in [3.8, 4) is 0 Å². The minimum absolute atomic E-state index is 0.0359. The van der Waals surface area contributed by atoms with Gasteiger partial charge in [0.15, 0.2) is 0 Å². The van der Waals surface area contributed by atoms with Crippen LogP contribution in [0.3, 0.4) is 0 Å². The molecule has 21 heavy (non-hydrogen) atoms. The van der Waals surface area contributed by atoms with Crippen LogP contribution in [0.25, 0.3) is 0 Å². The molecule has 1 aliphatic carbocycles. The number of carbonyl (C=O) groups is 1. The van der Waals surface area contributed by atoms with Crippen LogP contribution in [0.5, 0.6) is 0 Å². The van der Waals surface area contributed by atoms with Crippen molar-refractivity contribution in [1.29, 1.82) is 0 Å². The van der Waals surface area contributed by atoms with E-state index in [-0.39, 0.29) is 12.5 Å². The number of hydrogen-bond donors (Lipinski definition) is 2. The van der Waals surface area contributed by atoms with Crippen LogP contribution in [-0.2, 0) is 0 Å². The molecule has 1 fully saturated rings. The smallest absolute Gasteiger partial charge is 0.305 e. The topological polar surface area (TPSA) is 92.5 Å². The van der Waals surface area contributed by atoms with Gasteiger partial charge in [-0.1, -0.05) is 0 Å². The van der Waals surface area contributed by atoms with Crippen molar-refractivity contribution in [2.75, 3.05) is 6.54 Å². The Hall–Kier alpha value is -2.09. The molecule has 0 aliphatic heterocycles. The lowest BCUT2D eigenvalue weighted by atomic mass is 10.1. The number of rotatable bonds is 4. The summed E-state index contributed by atoms with van der Waals surface area (Å²) in [5.41, 5.74) is -1.90. The van der Waals surface area contributed by atoms with Crippen molar-refractivity contribution < 1.29 is 23.6 Å². The zero-order valence-electron chi connectivity index (χ0n) is 11.0. The van der Waals surface area contributed by atoms with Crippen molar-refractivity contribution >= 4 is 11.6 Å². The third kappa shape index (κ3) is 3.33. The molecule has 114 valence electrons. The highest BCUT2D eigenvalue weighted by Gasteiger charge is 2.28. The second kappa shape index (κ2) is 6.13. The molecular formula is C13H14F2N2O4. The third-order valence-corrected chi connectivity index (χ3v) is 3.56. The molecule has 0 spiro atoms. The van der Waals surface area contributed by atoms with E-state index in [2.05, 4.69) is 5.32 Å². The minimum atomic E-state index is -1.48. The molecule has 8 heteroatoms. The molecule has 1 saturated carbocycles. The van der Waals surface area contributed by atoms with Gasteiger partial charge in [0.1, 0.15) is 11.4 Å². The zero-order valence-corrected chi connectivity index (χ0v) is 11.0. The Bertz CT molecular complexity index is 580. The van der Waals surface area contributed by atoms with Crippen molar-refractivity contribution in [3.05, 3.63) is 39.4 Å². The van der Waals surface area contributed by atoms with E-state index in [0.717, 1.165) is 0 Å².